The number of aliphatic carboxylic acids is 1. The van der Waals surface area contributed by atoms with Crippen LogP contribution in [0.3, 0.4) is 0 Å². The fourth-order valence-electron chi connectivity index (χ4n) is 2.12. The SMILES string of the molecule is CCN(CC)CCNC(C(=O)O)c1ccc(OC)c(Cl)c1. The van der Waals surface area contributed by atoms with Crippen LogP contribution >= 0.6 is 11.6 Å². The molecular weight excluding hydrogens is 292 g/mol. The van der Waals surface area contributed by atoms with Crippen LogP contribution in [0.2, 0.25) is 5.02 Å². The Morgan fingerprint density at radius 2 is 2.10 bits per heavy atom. The Labute approximate surface area is 130 Å². The first-order valence-electron chi connectivity index (χ1n) is 7.05. The van der Waals surface area contributed by atoms with Crippen molar-refractivity contribution in [1.29, 1.82) is 0 Å². The summed E-state index contributed by atoms with van der Waals surface area (Å²) in [6.45, 7) is 7.47. The summed E-state index contributed by atoms with van der Waals surface area (Å²) in [7, 11) is 1.53. The smallest absolute Gasteiger partial charge is 0.325 e. The van der Waals surface area contributed by atoms with Crippen molar-refractivity contribution in [2.45, 2.75) is 19.9 Å². The summed E-state index contributed by atoms with van der Waals surface area (Å²) in [5, 5.41) is 12.8. The second-order valence-corrected chi connectivity index (χ2v) is 5.05. The van der Waals surface area contributed by atoms with Crippen LogP contribution in [0.25, 0.3) is 0 Å². The van der Waals surface area contributed by atoms with Crippen LogP contribution in [0, 0.1) is 0 Å². The standard InChI is InChI=1S/C15H23ClN2O3/c1-4-18(5-2)9-8-17-14(15(19)20)11-6-7-13(21-3)12(16)10-11/h6-7,10,14,17H,4-5,8-9H2,1-3H3,(H,19,20). The average molecular weight is 315 g/mol. The first-order chi connectivity index (χ1) is 10.0. The predicted molar refractivity (Wildman–Crippen MR) is 84.2 cm³/mol. The number of carbonyl (C=O) groups is 1. The van der Waals surface area contributed by atoms with Gasteiger partial charge in [0, 0.05) is 13.1 Å². The lowest BCUT2D eigenvalue weighted by molar-refractivity contribution is -0.139. The van der Waals surface area contributed by atoms with Gasteiger partial charge >= 0.3 is 5.97 Å². The number of benzene rings is 1. The van der Waals surface area contributed by atoms with Gasteiger partial charge in [-0.3, -0.25) is 10.1 Å². The van der Waals surface area contributed by atoms with Crippen molar-refractivity contribution in [2.75, 3.05) is 33.3 Å². The Morgan fingerprint density at radius 1 is 1.43 bits per heavy atom. The number of carboxylic acid groups (broad SMARTS) is 1. The molecule has 1 unspecified atom stereocenters. The quantitative estimate of drug-likeness (QED) is 0.733. The van der Waals surface area contributed by atoms with Gasteiger partial charge in [-0.2, -0.15) is 0 Å². The van der Waals surface area contributed by atoms with E-state index >= 15 is 0 Å². The summed E-state index contributed by atoms with van der Waals surface area (Å²) in [6, 6.07) is 4.25. The number of nitrogens with one attached hydrogen (secondary N) is 1. The second-order valence-electron chi connectivity index (χ2n) is 4.65. The molecule has 0 saturated heterocycles. The van der Waals surface area contributed by atoms with E-state index in [1.807, 2.05) is 0 Å². The van der Waals surface area contributed by atoms with E-state index in [9.17, 15) is 9.90 Å². The summed E-state index contributed by atoms with van der Waals surface area (Å²) >= 11 is 6.05. The largest absolute Gasteiger partial charge is 0.495 e. The van der Waals surface area contributed by atoms with E-state index in [-0.39, 0.29) is 0 Å². The molecule has 1 rings (SSSR count). The molecule has 1 atom stereocenters. The monoisotopic (exact) mass is 314 g/mol. The third-order valence-electron chi connectivity index (χ3n) is 3.43. The lowest BCUT2D eigenvalue weighted by atomic mass is 10.1. The summed E-state index contributed by atoms with van der Waals surface area (Å²) in [5.41, 5.74) is 0.618. The molecule has 5 nitrogen and oxygen atoms in total. The predicted octanol–water partition coefficient (Wildman–Crippen LogP) is 2.41. The molecule has 0 spiro atoms. The van der Waals surface area contributed by atoms with Crippen LogP contribution in [0.4, 0.5) is 0 Å². The van der Waals surface area contributed by atoms with E-state index in [1.54, 1.807) is 18.2 Å². The number of rotatable bonds is 9. The molecule has 0 radical (unpaired) electrons. The lowest BCUT2D eigenvalue weighted by Gasteiger charge is -2.21. The minimum absolute atomic E-state index is 0.409. The molecule has 0 aliphatic rings. The molecule has 1 aromatic rings. The Balaban J connectivity index is 2.73. The molecule has 0 aliphatic carbocycles. The van der Waals surface area contributed by atoms with Crippen LogP contribution in [0.15, 0.2) is 18.2 Å². The Kier molecular flexibility index (Phi) is 7.50. The van der Waals surface area contributed by atoms with Crippen molar-refractivity contribution in [3.63, 3.8) is 0 Å². The normalized spacial score (nSPS) is 12.4. The van der Waals surface area contributed by atoms with Crippen molar-refractivity contribution in [2.24, 2.45) is 0 Å². The van der Waals surface area contributed by atoms with E-state index in [4.69, 9.17) is 16.3 Å². The van der Waals surface area contributed by atoms with Crippen LogP contribution in [-0.4, -0.2) is 49.3 Å². The summed E-state index contributed by atoms with van der Waals surface area (Å²) in [5.74, 6) is -0.386. The van der Waals surface area contributed by atoms with Crippen LogP contribution in [0.1, 0.15) is 25.5 Å². The summed E-state index contributed by atoms with van der Waals surface area (Å²) in [4.78, 5) is 13.7. The van der Waals surface area contributed by atoms with Crippen molar-refractivity contribution in [3.05, 3.63) is 28.8 Å². The van der Waals surface area contributed by atoms with E-state index < -0.39 is 12.0 Å². The van der Waals surface area contributed by atoms with Crippen molar-refractivity contribution in [1.82, 2.24) is 10.2 Å². The molecule has 0 fully saturated rings. The molecule has 0 aromatic heterocycles. The number of likely N-dealkylation sites (N-methyl/N-ethyl adjacent to an activating group) is 1. The highest BCUT2D eigenvalue weighted by Crippen LogP contribution is 2.27. The zero-order valence-electron chi connectivity index (χ0n) is 12.7. The van der Waals surface area contributed by atoms with E-state index in [0.717, 1.165) is 19.6 Å². The van der Waals surface area contributed by atoms with Gasteiger partial charge in [0.15, 0.2) is 0 Å². The number of carboxylic acids is 1. The molecule has 21 heavy (non-hydrogen) atoms. The highest BCUT2D eigenvalue weighted by molar-refractivity contribution is 6.32. The molecule has 0 heterocycles. The molecule has 0 aliphatic heterocycles. The molecule has 6 heteroatoms. The van der Waals surface area contributed by atoms with Crippen molar-refractivity contribution < 1.29 is 14.6 Å². The van der Waals surface area contributed by atoms with E-state index in [0.29, 0.717) is 22.9 Å². The highest BCUT2D eigenvalue weighted by atomic mass is 35.5. The van der Waals surface area contributed by atoms with Gasteiger partial charge in [0.1, 0.15) is 11.8 Å². The number of halogens is 1. The van der Waals surface area contributed by atoms with Crippen LogP contribution < -0.4 is 10.1 Å². The maximum absolute atomic E-state index is 11.4. The fraction of sp³-hybridized carbons (Fsp3) is 0.533. The molecule has 118 valence electrons. The first kappa shape index (κ1) is 17.8. The Bertz CT molecular complexity index is 464. The lowest BCUT2D eigenvalue weighted by Crippen LogP contribution is -2.36. The van der Waals surface area contributed by atoms with Gasteiger partial charge in [-0.05, 0) is 30.8 Å². The number of nitrogens with zero attached hydrogens (tertiary/aromatic N) is 1. The molecule has 0 saturated carbocycles. The van der Waals surface area contributed by atoms with Crippen LogP contribution in [0.5, 0.6) is 5.75 Å². The van der Waals surface area contributed by atoms with Gasteiger partial charge in [0.05, 0.1) is 12.1 Å². The highest BCUT2D eigenvalue weighted by Gasteiger charge is 2.20. The summed E-state index contributed by atoms with van der Waals surface area (Å²) in [6.07, 6.45) is 0. The summed E-state index contributed by atoms with van der Waals surface area (Å²) < 4.78 is 5.08. The Hall–Kier alpha value is -1.30. The third kappa shape index (κ3) is 5.19. The van der Waals surface area contributed by atoms with Gasteiger partial charge in [0.2, 0.25) is 0 Å². The van der Waals surface area contributed by atoms with Gasteiger partial charge in [-0.15, -0.1) is 0 Å². The maximum atomic E-state index is 11.4. The maximum Gasteiger partial charge on any atom is 0.325 e. The number of ether oxygens (including phenoxy) is 1. The average Bonchev–Trinajstić information content (AvgIpc) is 2.47. The molecule has 0 amide bonds. The molecule has 1 aromatic carbocycles. The van der Waals surface area contributed by atoms with E-state index in [1.165, 1.54) is 7.11 Å². The van der Waals surface area contributed by atoms with E-state index in [2.05, 4.69) is 24.1 Å². The minimum atomic E-state index is -0.921. The van der Waals surface area contributed by atoms with Gasteiger partial charge in [-0.25, -0.2) is 0 Å². The topological polar surface area (TPSA) is 61.8 Å². The van der Waals surface area contributed by atoms with Crippen LogP contribution in [-0.2, 0) is 4.79 Å². The second kappa shape index (κ2) is 8.87. The third-order valence-corrected chi connectivity index (χ3v) is 3.72. The molecule has 2 N–H and O–H groups in total. The van der Waals surface area contributed by atoms with Gasteiger partial charge in [0.25, 0.3) is 0 Å². The van der Waals surface area contributed by atoms with Gasteiger partial charge < -0.3 is 14.7 Å². The molecular formula is C15H23ClN2O3. The van der Waals surface area contributed by atoms with Gasteiger partial charge in [-0.1, -0.05) is 31.5 Å². The zero-order chi connectivity index (χ0) is 15.8. The number of methoxy groups -OCH3 is 1. The minimum Gasteiger partial charge on any atom is -0.495 e. The van der Waals surface area contributed by atoms with Crippen molar-refractivity contribution >= 4 is 17.6 Å². The van der Waals surface area contributed by atoms with Crippen molar-refractivity contribution in [3.8, 4) is 5.75 Å². The number of hydrogen-bond acceptors (Lipinski definition) is 4. The molecule has 0 bridgehead atoms. The first-order valence-corrected chi connectivity index (χ1v) is 7.43. The zero-order valence-corrected chi connectivity index (χ0v) is 13.5. The Morgan fingerprint density at radius 3 is 2.57 bits per heavy atom. The number of hydrogen-bond donors (Lipinski definition) is 2. The fourth-order valence-corrected chi connectivity index (χ4v) is 2.38.